The fourth-order valence-electron chi connectivity index (χ4n) is 3.01. The molecular formula is C14H15F3N6O3. The summed E-state index contributed by atoms with van der Waals surface area (Å²) in [7, 11) is 1.55. The van der Waals surface area contributed by atoms with Crippen molar-refractivity contribution in [1.82, 2.24) is 24.8 Å². The number of nitrogens with one attached hydrogen (secondary N) is 1. The van der Waals surface area contributed by atoms with E-state index in [-0.39, 0.29) is 6.54 Å². The van der Waals surface area contributed by atoms with Gasteiger partial charge in [-0.3, -0.25) is 9.59 Å². The van der Waals surface area contributed by atoms with Crippen LogP contribution in [0.2, 0.25) is 0 Å². The second kappa shape index (κ2) is 6.42. The lowest BCUT2D eigenvalue weighted by Crippen LogP contribution is -2.39. The van der Waals surface area contributed by atoms with Gasteiger partial charge in [0.05, 0.1) is 24.7 Å². The zero-order chi connectivity index (χ0) is 19.1. The molecule has 12 heteroatoms. The first-order valence-corrected chi connectivity index (χ1v) is 7.61. The maximum absolute atomic E-state index is 13.0. The number of hydrogen-bond donors (Lipinski definition) is 2. The zero-order valence-corrected chi connectivity index (χ0v) is 13.6. The Bertz CT molecular complexity index is 839. The van der Waals surface area contributed by atoms with Crippen LogP contribution in [0.5, 0.6) is 0 Å². The predicted octanol–water partition coefficient (Wildman–Crippen LogP) is 0.511. The number of likely N-dealkylation sites (N-methyl/N-ethyl adjacent to an activating group) is 1. The van der Waals surface area contributed by atoms with E-state index < -0.39 is 43.0 Å². The molecule has 2 N–H and O–H groups in total. The number of aromatic amines is 1. The first-order chi connectivity index (χ1) is 12.2. The topological polar surface area (TPSA) is 115 Å². The molecule has 3 rings (SSSR count). The minimum Gasteiger partial charge on any atom is -0.481 e. The van der Waals surface area contributed by atoms with E-state index in [0.29, 0.717) is 17.0 Å². The van der Waals surface area contributed by atoms with Crippen LogP contribution in [-0.2, 0) is 9.59 Å². The van der Waals surface area contributed by atoms with Gasteiger partial charge in [0, 0.05) is 20.1 Å². The molecule has 0 bridgehead atoms. The molecule has 0 radical (unpaired) electrons. The lowest BCUT2D eigenvalue weighted by atomic mass is 9.96. The van der Waals surface area contributed by atoms with Crippen LogP contribution in [0.1, 0.15) is 0 Å². The molecule has 0 unspecified atom stereocenters. The number of rotatable bonds is 4. The molecule has 1 saturated heterocycles. The van der Waals surface area contributed by atoms with Gasteiger partial charge in [-0.2, -0.15) is 13.2 Å². The zero-order valence-electron chi connectivity index (χ0n) is 13.6. The van der Waals surface area contributed by atoms with Crippen LogP contribution in [-0.4, -0.2) is 74.7 Å². The SMILES string of the molecule is CN(CC(=O)N1C[C@@H](C(F)(F)F)[C@H](C(=O)O)C1)c1ncnc2nc[nH]c12. The minimum atomic E-state index is -4.68. The quantitative estimate of drug-likeness (QED) is 0.803. The molecule has 1 aliphatic heterocycles. The van der Waals surface area contributed by atoms with Crippen molar-refractivity contribution in [3.63, 3.8) is 0 Å². The maximum atomic E-state index is 13.0. The summed E-state index contributed by atoms with van der Waals surface area (Å²) in [5, 5.41) is 9.02. The molecule has 0 aliphatic carbocycles. The van der Waals surface area contributed by atoms with Crippen LogP contribution in [0.3, 0.4) is 0 Å². The summed E-state index contributed by atoms with van der Waals surface area (Å²) in [5.74, 6) is -5.56. The van der Waals surface area contributed by atoms with E-state index in [4.69, 9.17) is 5.11 Å². The number of alkyl halides is 3. The van der Waals surface area contributed by atoms with Crippen molar-refractivity contribution in [1.29, 1.82) is 0 Å². The van der Waals surface area contributed by atoms with Crippen molar-refractivity contribution in [3.8, 4) is 0 Å². The van der Waals surface area contributed by atoms with E-state index in [2.05, 4.69) is 19.9 Å². The van der Waals surface area contributed by atoms with Crippen LogP contribution >= 0.6 is 0 Å². The number of aromatic nitrogens is 4. The number of fused-ring (bicyclic) bond motifs is 1. The molecule has 1 amide bonds. The van der Waals surface area contributed by atoms with Crippen molar-refractivity contribution in [2.24, 2.45) is 11.8 Å². The van der Waals surface area contributed by atoms with E-state index in [1.165, 1.54) is 17.6 Å². The smallest absolute Gasteiger partial charge is 0.394 e. The van der Waals surface area contributed by atoms with Gasteiger partial charge < -0.3 is 19.9 Å². The highest BCUT2D eigenvalue weighted by Gasteiger charge is 2.53. The highest BCUT2D eigenvalue weighted by atomic mass is 19.4. The van der Waals surface area contributed by atoms with Crippen molar-refractivity contribution >= 4 is 28.9 Å². The van der Waals surface area contributed by atoms with Crippen molar-refractivity contribution in [2.45, 2.75) is 6.18 Å². The normalized spacial score (nSPS) is 20.5. The molecule has 0 spiro atoms. The van der Waals surface area contributed by atoms with Gasteiger partial charge in [0.25, 0.3) is 0 Å². The van der Waals surface area contributed by atoms with Gasteiger partial charge in [0.1, 0.15) is 11.8 Å². The van der Waals surface area contributed by atoms with Gasteiger partial charge in [-0.05, 0) is 0 Å². The number of imidazole rings is 1. The summed E-state index contributed by atoms with van der Waals surface area (Å²) in [4.78, 5) is 40.7. The number of hydrogen-bond acceptors (Lipinski definition) is 6. The summed E-state index contributed by atoms with van der Waals surface area (Å²) < 4.78 is 39.1. The third-order valence-corrected chi connectivity index (χ3v) is 4.35. The first-order valence-electron chi connectivity index (χ1n) is 7.61. The molecular weight excluding hydrogens is 357 g/mol. The summed E-state index contributed by atoms with van der Waals surface area (Å²) in [6, 6.07) is 0. The summed E-state index contributed by atoms with van der Waals surface area (Å²) in [6.45, 7) is -1.41. The molecule has 26 heavy (non-hydrogen) atoms. The molecule has 0 saturated carbocycles. The molecule has 3 heterocycles. The number of carboxylic acids is 1. The molecule has 9 nitrogen and oxygen atoms in total. The Labute approximate surface area is 144 Å². The lowest BCUT2D eigenvalue weighted by Gasteiger charge is -2.22. The molecule has 140 valence electrons. The van der Waals surface area contributed by atoms with E-state index in [1.807, 2.05) is 0 Å². The lowest BCUT2D eigenvalue weighted by molar-refractivity contribution is -0.188. The summed E-state index contributed by atoms with van der Waals surface area (Å²) in [6.07, 6.45) is -2.02. The van der Waals surface area contributed by atoms with Gasteiger partial charge >= 0.3 is 12.1 Å². The number of amides is 1. The highest BCUT2D eigenvalue weighted by molar-refractivity contribution is 5.87. The number of carbonyl (C=O) groups excluding carboxylic acids is 1. The summed E-state index contributed by atoms with van der Waals surface area (Å²) in [5.41, 5.74) is 0.874. The van der Waals surface area contributed by atoms with Crippen molar-refractivity contribution in [3.05, 3.63) is 12.7 Å². The fraction of sp³-hybridized carbons (Fsp3) is 0.500. The molecule has 2 atom stereocenters. The highest BCUT2D eigenvalue weighted by Crippen LogP contribution is 2.37. The Hall–Kier alpha value is -2.92. The predicted molar refractivity (Wildman–Crippen MR) is 82.2 cm³/mol. The Kier molecular flexibility index (Phi) is 4.42. The minimum absolute atomic E-state index is 0.262. The Morgan fingerprint density at radius 2 is 2.08 bits per heavy atom. The van der Waals surface area contributed by atoms with Crippen LogP contribution in [0.25, 0.3) is 11.2 Å². The van der Waals surface area contributed by atoms with Crippen molar-refractivity contribution < 1.29 is 27.9 Å². The van der Waals surface area contributed by atoms with Gasteiger partial charge in [0.2, 0.25) is 5.91 Å². The molecule has 0 aromatic carbocycles. The Balaban J connectivity index is 1.74. The molecule has 2 aromatic heterocycles. The average Bonchev–Trinajstić information content (AvgIpc) is 3.20. The van der Waals surface area contributed by atoms with E-state index >= 15 is 0 Å². The second-order valence-electron chi connectivity index (χ2n) is 6.05. The van der Waals surface area contributed by atoms with Gasteiger partial charge in [-0.25, -0.2) is 15.0 Å². The number of aliphatic carboxylic acids is 1. The largest absolute Gasteiger partial charge is 0.481 e. The third-order valence-electron chi connectivity index (χ3n) is 4.35. The van der Waals surface area contributed by atoms with E-state index in [9.17, 15) is 22.8 Å². The first kappa shape index (κ1) is 17.9. The molecule has 1 aliphatic rings. The Morgan fingerprint density at radius 1 is 1.35 bits per heavy atom. The van der Waals surface area contributed by atoms with Gasteiger partial charge in [0.15, 0.2) is 11.5 Å². The average molecular weight is 372 g/mol. The van der Waals surface area contributed by atoms with Crippen molar-refractivity contribution in [2.75, 3.05) is 31.6 Å². The Morgan fingerprint density at radius 3 is 2.69 bits per heavy atom. The van der Waals surface area contributed by atoms with Crippen LogP contribution < -0.4 is 4.90 Å². The van der Waals surface area contributed by atoms with Gasteiger partial charge in [-0.1, -0.05) is 0 Å². The number of H-pyrrole nitrogens is 1. The maximum Gasteiger partial charge on any atom is 0.394 e. The second-order valence-corrected chi connectivity index (χ2v) is 6.05. The van der Waals surface area contributed by atoms with E-state index in [1.54, 1.807) is 7.05 Å². The summed E-state index contributed by atoms with van der Waals surface area (Å²) >= 11 is 0. The van der Waals surface area contributed by atoms with Crippen LogP contribution in [0.15, 0.2) is 12.7 Å². The van der Waals surface area contributed by atoms with Gasteiger partial charge in [-0.15, -0.1) is 0 Å². The molecule has 1 fully saturated rings. The monoisotopic (exact) mass is 372 g/mol. The fourth-order valence-corrected chi connectivity index (χ4v) is 3.01. The number of halogens is 3. The number of carboxylic acid groups (broad SMARTS) is 1. The number of anilines is 1. The third kappa shape index (κ3) is 3.26. The number of carbonyl (C=O) groups is 2. The van der Waals surface area contributed by atoms with Crippen LogP contribution in [0.4, 0.5) is 19.0 Å². The standard InChI is InChI=1S/C14H15F3N6O3/c1-22(12-10-11(19-5-18-10)20-6-21-12)4-9(24)23-2-7(13(25)26)8(3-23)14(15,16)17/h5-8H,2-4H2,1H3,(H,25,26)(H,18,19,20,21)/t7-,8-/m1/s1. The number of nitrogens with zero attached hydrogens (tertiary/aromatic N) is 5. The molecule has 2 aromatic rings. The van der Waals surface area contributed by atoms with E-state index in [0.717, 1.165) is 4.90 Å². The van der Waals surface area contributed by atoms with Crippen LogP contribution in [0, 0.1) is 11.8 Å². The number of likely N-dealkylation sites (tertiary alicyclic amines) is 1.